The van der Waals surface area contributed by atoms with Crippen molar-refractivity contribution >= 4 is 11.9 Å². The average molecular weight is 268 g/mol. The van der Waals surface area contributed by atoms with Gasteiger partial charge in [0.2, 0.25) is 11.8 Å². The van der Waals surface area contributed by atoms with E-state index in [1.165, 1.54) is 0 Å². The maximum atomic E-state index is 11.7. The van der Waals surface area contributed by atoms with Crippen LogP contribution in [0.1, 0.15) is 25.1 Å². The summed E-state index contributed by atoms with van der Waals surface area (Å²) in [6.07, 6.45) is 0.413. The van der Waals surface area contributed by atoms with Gasteiger partial charge in [-0.3, -0.25) is 14.5 Å². The molecule has 0 saturated carbocycles. The molecule has 1 unspecified atom stereocenters. The van der Waals surface area contributed by atoms with Crippen molar-refractivity contribution in [3.8, 4) is 0 Å². The second-order valence-corrected chi connectivity index (χ2v) is 4.33. The first-order chi connectivity index (χ1) is 9.10. The molecule has 1 amide bonds. The molecule has 19 heavy (non-hydrogen) atoms. The van der Waals surface area contributed by atoms with Gasteiger partial charge in [-0.2, -0.15) is 4.98 Å². The molecular weight excluding hydrogens is 252 g/mol. The highest BCUT2D eigenvalue weighted by Gasteiger charge is 2.32. The summed E-state index contributed by atoms with van der Waals surface area (Å²) in [6, 6.07) is -0.685. The standard InChI is InChI=1S/C11H16N4O4/c1-2-9-13-8(14-19-9)6-15-4-3-12-11(18)7(15)5-10(16)17/h7H,2-6H2,1H3,(H,12,18)(H,16,17). The van der Waals surface area contributed by atoms with Gasteiger partial charge in [-0.15, -0.1) is 0 Å². The molecule has 1 saturated heterocycles. The largest absolute Gasteiger partial charge is 0.481 e. The molecule has 8 heteroatoms. The Hall–Kier alpha value is -1.96. The number of hydrogen-bond acceptors (Lipinski definition) is 6. The number of hydrogen-bond donors (Lipinski definition) is 2. The van der Waals surface area contributed by atoms with Crippen LogP contribution in [0.2, 0.25) is 0 Å². The van der Waals surface area contributed by atoms with Gasteiger partial charge in [0, 0.05) is 19.5 Å². The van der Waals surface area contributed by atoms with Gasteiger partial charge in [0.15, 0.2) is 5.82 Å². The van der Waals surface area contributed by atoms with Crippen LogP contribution in [0.4, 0.5) is 0 Å². The average Bonchev–Trinajstić information content (AvgIpc) is 2.81. The van der Waals surface area contributed by atoms with Crippen molar-refractivity contribution in [3.05, 3.63) is 11.7 Å². The van der Waals surface area contributed by atoms with E-state index in [9.17, 15) is 9.59 Å². The Bertz CT molecular complexity index is 473. The number of rotatable bonds is 5. The minimum absolute atomic E-state index is 0.232. The quantitative estimate of drug-likeness (QED) is 0.734. The third kappa shape index (κ3) is 3.28. The van der Waals surface area contributed by atoms with E-state index in [0.717, 1.165) is 0 Å². The zero-order chi connectivity index (χ0) is 13.8. The first kappa shape index (κ1) is 13.5. The normalized spacial score (nSPS) is 20.3. The van der Waals surface area contributed by atoms with Crippen molar-refractivity contribution in [1.29, 1.82) is 0 Å². The van der Waals surface area contributed by atoms with Gasteiger partial charge < -0.3 is 14.9 Å². The second kappa shape index (κ2) is 5.79. The van der Waals surface area contributed by atoms with Crippen LogP contribution in [-0.2, 0) is 22.6 Å². The molecule has 2 heterocycles. The Balaban J connectivity index is 2.06. The lowest BCUT2D eigenvalue weighted by Gasteiger charge is -2.33. The summed E-state index contributed by atoms with van der Waals surface area (Å²) in [4.78, 5) is 28.4. The van der Waals surface area contributed by atoms with Crippen LogP contribution in [0.5, 0.6) is 0 Å². The summed E-state index contributed by atoms with van der Waals surface area (Å²) in [7, 11) is 0. The molecule has 1 aliphatic heterocycles. The summed E-state index contributed by atoms with van der Waals surface area (Å²) in [5.74, 6) is -0.268. The molecule has 1 aromatic rings. The van der Waals surface area contributed by atoms with Crippen LogP contribution in [0.3, 0.4) is 0 Å². The van der Waals surface area contributed by atoms with Crippen LogP contribution >= 0.6 is 0 Å². The zero-order valence-electron chi connectivity index (χ0n) is 10.6. The number of nitrogens with zero attached hydrogens (tertiary/aromatic N) is 3. The van der Waals surface area contributed by atoms with Gasteiger partial charge >= 0.3 is 5.97 Å². The Morgan fingerprint density at radius 1 is 1.63 bits per heavy atom. The lowest BCUT2D eigenvalue weighted by molar-refractivity contribution is -0.143. The monoisotopic (exact) mass is 268 g/mol. The van der Waals surface area contributed by atoms with E-state index < -0.39 is 12.0 Å². The van der Waals surface area contributed by atoms with E-state index in [1.807, 2.05) is 6.92 Å². The Morgan fingerprint density at radius 3 is 3.05 bits per heavy atom. The van der Waals surface area contributed by atoms with E-state index in [2.05, 4.69) is 15.5 Å². The molecule has 0 bridgehead atoms. The van der Waals surface area contributed by atoms with Crippen molar-refractivity contribution in [2.45, 2.75) is 32.4 Å². The van der Waals surface area contributed by atoms with Crippen molar-refractivity contribution in [2.24, 2.45) is 0 Å². The highest BCUT2D eigenvalue weighted by atomic mass is 16.5. The molecule has 8 nitrogen and oxygen atoms in total. The molecule has 2 N–H and O–H groups in total. The van der Waals surface area contributed by atoms with E-state index >= 15 is 0 Å². The molecule has 0 radical (unpaired) electrons. The lowest BCUT2D eigenvalue weighted by Crippen LogP contribution is -2.55. The summed E-state index contributed by atoms with van der Waals surface area (Å²) >= 11 is 0. The number of piperazine rings is 1. The summed E-state index contributed by atoms with van der Waals surface area (Å²) in [6.45, 7) is 3.28. The molecule has 0 aromatic carbocycles. The smallest absolute Gasteiger partial charge is 0.305 e. The number of aryl methyl sites for hydroxylation is 1. The molecular formula is C11H16N4O4. The van der Waals surface area contributed by atoms with E-state index in [0.29, 0.717) is 37.8 Å². The van der Waals surface area contributed by atoms with Gasteiger partial charge in [0.05, 0.1) is 13.0 Å². The minimum Gasteiger partial charge on any atom is -0.481 e. The Kier molecular flexibility index (Phi) is 4.10. The maximum absolute atomic E-state index is 11.7. The summed E-state index contributed by atoms with van der Waals surface area (Å²) in [5, 5.41) is 15.3. The number of carbonyl (C=O) groups is 2. The number of carbonyl (C=O) groups excluding carboxylic acids is 1. The number of amides is 1. The van der Waals surface area contributed by atoms with Crippen molar-refractivity contribution in [2.75, 3.05) is 13.1 Å². The van der Waals surface area contributed by atoms with Gasteiger partial charge in [-0.05, 0) is 0 Å². The molecule has 0 spiro atoms. The summed E-state index contributed by atoms with van der Waals surface area (Å²) < 4.78 is 4.99. The second-order valence-electron chi connectivity index (χ2n) is 4.33. The topological polar surface area (TPSA) is 109 Å². The van der Waals surface area contributed by atoms with E-state index in [4.69, 9.17) is 9.63 Å². The fraction of sp³-hybridized carbons (Fsp3) is 0.636. The Morgan fingerprint density at radius 2 is 2.42 bits per heavy atom. The van der Waals surface area contributed by atoms with Gasteiger partial charge in [-0.25, -0.2) is 0 Å². The molecule has 2 rings (SSSR count). The zero-order valence-corrected chi connectivity index (χ0v) is 10.6. The van der Waals surface area contributed by atoms with Gasteiger partial charge in [0.25, 0.3) is 0 Å². The number of aromatic nitrogens is 2. The van der Waals surface area contributed by atoms with Crippen LogP contribution in [-0.4, -0.2) is 51.2 Å². The maximum Gasteiger partial charge on any atom is 0.305 e. The number of carboxylic acid groups (broad SMARTS) is 1. The highest BCUT2D eigenvalue weighted by Crippen LogP contribution is 2.12. The molecule has 1 atom stereocenters. The number of aliphatic carboxylic acids is 1. The van der Waals surface area contributed by atoms with Crippen LogP contribution < -0.4 is 5.32 Å². The van der Waals surface area contributed by atoms with Crippen LogP contribution in [0, 0.1) is 0 Å². The van der Waals surface area contributed by atoms with E-state index in [-0.39, 0.29) is 12.3 Å². The molecule has 1 aromatic heterocycles. The molecule has 0 aliphatic carbocycles. The van der Waals surface area contributed by atoms with Gasteiger partial charge in [0.1, 0.15) is 6.04 Å². The van der Waals surface area contributed by atoms with Crippen LogP contribution in [0.15, 0.2) is 4.52 Å². The predicted molar refractivity (Wildman–Crippen MR) is 63.1 cm³/mol. The van der Waals surface area contributed by atoms with Crippen molar-refractivity contribution in [3.63, 3.8) is 0 Å². The number of carboxylic acids is 1. The lowest BCUT2D eigenvalue weighted by atomic mass is 10.1. The third-order valence-corrected chi connectivity index (χ3v) is 2.97. The fourth-order valence-electron chi connectivity index (χ4n) is 2.02. The molecule has 104 valence electrons. The van der Waals surface area contributed by atoms with Crippen molar-refractivity contribution in [1.82, 2.24) is 20.4 Å². The first-order valence-corrected chi connectivity index (χ1v) is 6.15. The van der Waals surface area contributed by atoms with E-state index in [1.54, 1.807) is 4.90 Å². The predicted octanol–water partition coefficient (Wildman–Crippen LogP) is -0.593. The Labute approximate surface area is 109 Å². The van der Waals surface area contributed by atoms with Gasteiger partial charge in [-0.1, -0.05) is 12.1 Å². The van der Waals surface area contributed by atoms with Crippen LogP contribution in [0.25, 0.3) is 0 Å². The fourth-order valence-corrected chi connectivity index (χ4v) is 2.02. The third-order valence-electron chi connectivity index (χ3n) is 2.97. The molecule has 1 fully saturated rings. The first-order valence-electron chi connectivity index (χ1n) is 6.15. The highest BCUT2D eigenvalue weighted by molar-refractivity contribution is 5.86. The molecule has 1 aliphatic rings. The SMILES string of the molecule is CCc1nc(CN2CCNC(=O)C2CC(=O)O)no1. The summed E-state index contributed by atoms with van der Waals surface area (Å²) in [5.41, 5.74) is 0. The van der Waals surface area contributed by atoms with Crippen molar-refractivity contribution < 1.29 is 19.2 Å². The number of nitrogens with one attached hydrogen (secondary N) is 1. The minimum atomic E-state index is -1.01.